The van der Waals surface area contributed by atoms with Crippen LogP contribution in [0.2, 0.25) is 0 Å². The molecule has 3 N–H and O–H groups in total. The number of carboxylic acid groups (broad SMARTS) is 1. The Hall–Kier alpha value is -1.54. The zero-order chi connectivity index (χ0) is 10.6. The first-order chi connectivity index (χ1) is 6.63. The number of tetrazole rings is 1. The summed E-state index contributed by atoms with van der Waals surface area (Å²) in [5.41, 5.74) is 0. The minimum atomic E-state index is -1.06. The van der Waals surface area contributed by atoms with Gasteiger partial charge in [-0.1, -0.05) is 0 Å². The van der Waals surface area contributed by atoms with Crippen molar-refractivity contribution in [2.24, 2.45) is 0 Å². The van der Waals surface area contributed by atoms with Gasteiger partial charge in [-0.2, -0.15) is 0 Å². The number of hydrogen-bond acceptors (Lipinski definition) is 6. The molecule has 0 saturated carbocycles. The van der Waals surface area contributed by atoms with Crippen LogP contribution in [-0.2, 0) is 17.8 Å². The lowest BCUT2D eigenvalue weighted by molar-refractivity contribution is -0.136. The van der Waals surface area contributed by atoms with Crippen LogP contribution in [0, 0.1) is 0 Å². The molecule has 0 aromatic carbocycles. The lowest BCUT2D eigenvalue weighted by Crippen LogP contribution is -2.23. The highest BCUT2D eigenvalue weighted by atomic mass is 16.4. The summed E-state index contributed by atoms with van der Waals surface area (Å²) in [6.07, 6.45) is -1.31. The van der Waals surface area contributed by atoms with Gasteiger partial charge < -0.3 is 15.3 Å². The third kappa shape index (κ3) is 2.75. The van der Waals surface area contributed by atoms with Crippen molar-refractivity contribution in [3.05, 3.63) is 5.82 Å². The topological polar surface area (TPSA) is 121 Å². The lowest BCUT2D eigenvalue weighted by atomic mass is 10.3. The Bertz CT molecular complexity index is 313. The summed E-state index contributed by atoms with van der Waals surface area (Å²) in [6.45, 7) is -0.446. The number of aliphatic carboxylic acids is 1. The molecule has 0 aliphatic rings. The molecule has 0 fully saturated rings. The van der Waals surface area contributed by atoms with Gasteiger partial charge in [0.15, 0.2) is 5.82 Å². The summed E-state index contributed by atoms with van der Waals surface area (Å²) < 4.78 is 1.15. The van der Waals surface area contributed by atoms with Gasteiger partial charge in [-0.25, -0.2) is 4.68 Å². The fraction of sp³-hybridized carbons (Fsp3) is 0.667. The zero-order valence-electron chi connectivity index (χ0n) is 7.24. The largest absolute Gasteiger partial charge is 0.481 e. The van der Waals surface area contributed by atoms with Crippen LogP contribution in [0.4, 0.5) is 0 Å². The highest BCUT2D eigenvalue weighted by molar-refractivity contribution is 5.68. The third-order valence-corrected chi connectivity index (χ3v) is 1.51. The van der Waals surface area contributed by atoms with E-state index in [1.54, 1.807) is 0 Å². The van der Waals surface area contributed by atoms with E-state index in [1.165, 1.54) is 0 Å². The molecule has 1 atom stereocenters. The fourth-order valence-electron chi connectivity index (χ4n) is 0.884. The molecule has 0 amide bonds. The van der Waals surface area contributed by atoms with E-state index in [4.69, 9.17) is 15.3 Å². The molecule has 0 saturated heterocycles. The van der Waals surface area contributed by atoms with Crippen LogP contribution in [0.5, 0.6) is 0 Å². The summed E-state index contributed by atoms with van der Waals surface area (Å²) in [5, 5.41) is 36.3. The zero-order valence-corrected chi connectivity index (χ0v) is 7.24. The molecule has 1 heterocycles. The van der Waals surface area contributed by atoms with Crippen LogP contribution in [0.3, 0.4) is 0 Å². The number of carboxylic acids is 1. The minimum Gasteiger partial charge on any atom is -0.481 e. The first-order valence-corrected chi connectivity index (χ1v) is 3.89. The van der Waals surface area contributed by atoms with Crippen LogP contribution in [0.25, 0.3) is 0 Å². The average Bonchev–Trinajstić information content (AvgIpc) is 2.52. The summed E-state index contributed by atoms with van der Waals surface area (Å²) in [6, 6.07) is 0. The summed E-state index contributed by atoms with van der Waals surface area (Å²) in [5.74, 6) is -0.912. The van der Waals surface area contributed by atoms with E-state index in [0.717, 1.165) is 4.68 Å². The molecule has 1 aromatic heterocycles. The molecule has 1 rings (SSSR count). The van der Waals surface area contributed by atoms with Gasteiger partial charge in [0.25, 0.3) is 0 Å². The number of rotatable bonds is 5. The molecule has 0 spiro atoms. The van der Waals surface area contributed by atoms with E-state index in [1.807, 2.05) is 0 Å². The Balaban J connectivity index is 2.67. The van der Waals surface area contributed by atoms with E-state index in [0.29, 0.717) is 0 Å². The highest BCUT2D eigenvalue weighted by Crippen LogP contribution is 1.96. The Morgan fingerprint density at radius 2 is 2.29 bits per heavy atom. The van der Waals surface area contributed by atoms with Gasteiger partial charge in [0.2, 0.25) is 0 Å². The van der Waals surface area contributed by atoms with Gasteiger partial charge >= 0.3 is 5.97 Å². The first kappa shape index (κ1) is 10.5. The van der Waals surface area contributed by atoms with Gasteiger partial charge in [-0.05, 0) is 10.4 Å². The van der Waals surface area contributed by atoms with Crippen LogP contribution >= 0.6 is 0 Å². The normalized spacial score (nSPS) is 12.7. The molecule has 1 unspecified atom stereocenters. The van der Waals surface area contributed by atoms with Gasteiger partial charge in [0.05, 0.1) is 19.3 Å². The second-order valence-corrected chi connectivity index (χ2v) is 2.68. The predicted molar refractivity (Wildman–Crippen MR) is 42.2 cm³/mol. The molecule has 0 aliphatic heterocycles. The Morgan fingerprint density at radius 1 is 1.57 bits per heavy atom. The van der Waals surface area contributed by atoms with Crippen LogP contribution in [-0.4, -0.2) is 54.2 Å². The van der Waals surface area contributed by atoms with Gasteiger partial charge in [-0.3, -0.25) is 4.79 Å². The SMILES string of the molecule is O=C(O)Cc1nnnn1CC(O)CO. The van der Waals surface area contributed by atoms with E-state index in [2.05, 4.69) is 15.5 Å². The number of aromatic nitrogens is 4. The van der Waals surface area contributed by atoms with Gasteiger partial charge in [-0.15, -0.1) is 5.10 Å². The van der Waals surface area contributed by atoms with Crippen molar-refractivity contribution in [2.75, 3.05) is 6.61 Å². The third-order valence-electron chi connectivity index (χ3n) is 1.51. The average molecular weight is 202 g/mol. The smallest absolute Gasteiger partial charge is 0.311 e. The summed E-state index contributed by atoms with van der Waals surface area (Å²) in [4.78, 5) is 10.4. The summed E-state index contributed by atoms with van der Waals surface area (Å²) in [7, 11) is 0. The molecule has 0 aliphatic carbocycles. The Kier molecular flexibility index (Phi) is 3.48. The molecule has 78 valence electrons. The molecular formula is C6H10N4O4. The molecule has 1 aromatic rings. The second-order valence-electron chi connectivity index (χ2n) is 2.68. The maximum atomic E-state index is 10.4. The van der Waals surface area contributed by atoms with Crippen molar-refractivity contribution in [2.45, 2.75) is 19.1 Å². The van der Waals surface area contributed by atoms with E-state index in [-0.39, 0.29) is 18.8 Å². The van der Waals surface area contributed by atoms with Crippen LogP contribution in [0.1, 0.15) is 5.82 Å². The molecule has 0 radical (unpaired) electrons. The predicted octanol–water partition coefficient (Wildman–Crippen LogP) is -2.35. The molecule has 0 bridgehead atoms. The number of aliphatic hydroxyl groups excluding tert-OH is 2. The minimum absolute atomic E-state index is 0.0217. The van der Waals surface area contributed by atoms with Crippen LogP contribution in [0.15, 0.2) is 0 Å². The lowest BCUT2D eigenvalue weighted by Gasteiger charge is -2.06. The van der Waals surface area contributed by atoms with Crippen molar-refractivity contribution in [3.63, 3.8) is 0 Å². The first-order valence-electron chi connectivity index (χ1n) is 3.89. The maximum Gasteiger partial charge on any atom is 0.311 e. The van der Waals surface area contributed by atoms with Crippen molar-refractivity contribution in [3.8, 4) is 0 Å². The number of carbonyl (C=O) groups is 1. The van der Waals surface area contributed by atoms with Crippen molar-refractivity contribution >= 4 is 5.97 Å². The molecule has 14 heavy (non-hydrogen) atoms. The summed E-state index contributed by atoms with van der Waals surface area (Å²) >= 11 is 0. The quantitative estimate of drug-likeness (QED) is 0.488. The van der Waals surface area contributed by atoms with E-state index < -0.39 is 18.7 Å². The highest BCUT2D eigenvalue weighted by Gasteiger charge is 2.12. The van der Waals surface area contributed by atoms with Crippen LogP contribution < -0.4 is 0 Å². The van der Waals surface area contributed by atoms with Crippen molar-refractivity contribution in [1.29, 1.82) is 0 Å². The number of hydrogen-bond donors (Lipinski definition) is 3. The van der Waals surface area contributed by atoms with Crippen molar-refractivity contribution in [1.82, 2.24) is 20.2 Å². The number of nitrogens with zero attached hydrogens (tertiary/aromatic N) is 4. The monoisotopic (exact) mass is 202 g/mol. The Labute approximate surface area is 78.8 Å². The number of aliphatic hydroxyl groups is 2. The van der Waals surface area contributed by atoms with E-state index >= 15 is 0 Å². The van der Waals surface area contributed by atoms with Crippen molar-refractivity contribution < 1.29 is 20.1 Å². The van der Waals surface area contributed by atoms with Gasteiger partial charge in [0.1, 0.15) is 6.42 Å². The molecule has 8 nitrogen and oxygen atoms in total. The second kappa shape index (κ2) is 4.63. The van der Waals surface area contributed by atoms with Gasteiger partial charge in [0, 0.05) is 0 Å². The fourth-order valence-corrected chi connectivity index (χ4v) is 0.884. The molecular weight excluding hydrogens is 192 g/mol. The Morgan fingerprint density at radius 3 is 2.86 bits per heavy atom. The molecule has 8 heteroatoms. The van der Waals surface area contributed by atoms with E-state index in [9.17, 15) is 4.79 Å². The standard InChI is InChI=1S/C6H10N4O4/c11-3-4(12)2-10-5(1-6(13)14)7-8-9-10/h4,11-12H,1-3H2,(H,13,14). The maximum absolute atomic E-state index is 10.4.